The number of carbonyl (C=O) groups excluding carboxylic acids is 1. The van der Waals surface area contributed by atoms with Crippen LogP contribution in [-0.2, 0) is 4.79 Å². The van der Waals surface area contributed by atoms with E-state index in [1.54, 1.807) is 25.3 Å². The van der Waals surface area contributed by atoms with Gasteiger partial charge in [0.05, 0.1) is 12.8 Å². The van der Waals surface area contributed by atoms with E-state index in [2.05, 4.69) is 20.9 Å². The van der Waals surface area contributed by atoms with Crippen molar-refractivity contribution in [2.75, 3.05) is 12.0 Å². The molecule has 0 aliphatic carbocycles. The van der Waals surface area contributed by atoms with Crippen LogP contribution in [0.2, 0.25) is 0 Å². The molecule has 1 aliphatic heterocycles. The van der Waals surface area contributed by atoms with E-state index in [-0.39, 0.29) is 17.4 Å². The number of nitrogens with zero attached hydrogens (tertiary/aromatic N) is 2. The molecule has 144 valence electrons. The van der Waals surface area contributed by atoms with Gasteiger partial charge in [-0.1, -0.05) is 46.3 Å². The number of methoxy groups -OCH3 is 1. The van der Waals surface area contributed by atoms with E-state index in [4.69, 9.17) is 4.74 Å². The van der Waals surface area contributed by atoms with Gasteiger partial charge < -0.3 is 4.74 Å². The molecular weight excluding hydrogens is 435 g/mol. The first-order valence-corrected chi connectivity index (χ1v) is 9.65. The summed E-state index contributed by atoms with van der Waals surface area (Å²) in [6, 6.07) is 20.7. The summed E-state index contributed by atoms with van der Waals surface area (Å²) in [6.45, 7) is 0. The van der Waals surface area contributed by atoms with Gasteiger partial charge in [0.15, 0.2) is 0 Å². The van der Waals surface area contributed by atoms with Crippen LogP contribution in [0.4, 0.5) is 10.1 Å². The van der Waals surface area contributed by atoms with E-state index in [9.17, 15) is 9.18 Å². The Morgan fingerprint density at radius 1 is 1.00 bits per heavy atom. The van der Waals surface area contributed by atoms with Gasteiger partial charge in [0.2, 0.25) is 0 Å². The molecule has 0 radical (unpaired) electrons. The third-order valence-electron chi connectivity index (χ3n) is 4.48. The number of halogens is 2. The van der Waals surface area contributed by atoms with Gasteiger partial charge in [0, 0.05) is 15.6 Å². The minimum Gasteiger partial charge on any atom is -0.496 e. The Balaban J connectivity index is 1.83. The topological polar surface area (TPSA) is 41.9 Å². The second-order valence-electron chi connectivity index (χ2n) is 6.33. The molecule has 0 unspecified atom stereocenters. The van der Waals surface area contributed by atoms with Crippen molar-refractivity contribution >= 4 is 39.4 Å². The van der Waals surface area contributed by atoms with Crippen LogP contribution in [0.25, 0.3) is 6.08 Å². The molecule has 0 atom stereocenters. The van der Waals surface area contributed by atoms with Gasteiger partial charge in [0.25, 0.3) is 5.91 Å². The van der Waals surface area contributed by atoms with E-state index in [1.165, 1.54) is 17.0 Å². The van der Waals surface area contributed by atoms with E-state index < -0.39 is 0 Å². The highest BCUT2D eigenvalue weighted by atomic mass is 79.9. The van der Waals surface area contributed by atoms with Crippen LogP contribution in [0.1, 0.15) is 11.1 Å². The number of ether oxygens (including phenoxy) is 1. The van der Waals surface area contributed by atoms with Crippen molar-refractivity contribution in [1.82, 2.24) is 0 Å². The third kappa shape index (κ3) is 3.84. The number of amidine groups is 1. The zero-order valence-electron chi connectivity index (χ0n) is 15.5. The lowest BCUT2D eigenvalue weighted by molar-refractivity contribution is -0.113. The molecule has 0 fully saturated rings. The first-order chi connectivity index (χ1) is 14.1. The number of carbonyl (C=O) groups is 1. The Morgan fingerprint density at radius 3 is 2.38 bits per heavy atom. The van der Waals surface area contributed by atoms with Crippen LogP contribution in [0, 0.1) is 5.82 Å². The Labute approximate surface area is 176 Å². The lowest BCUT2D eigenvalue weighted by atomic mass is 10.1. The third-order valence-corrected chi connectivity index (χ3v) is 5.01. The maximum absolute atomic E-state index is 13.4. The fourth-order valence-electron chi connectivity index (χ4n) is 3.07. The molecule has 0 saturated heterocycles. The van der Waals surface area contributed by atoms with Crippen LogP contribution in [-0.4, -0.2) is 18.9 Å². The second-order valence-corrected chi connectivity index (χ2v) is 7.25. The monoisotopic (exact) mass is 450 g/mol. The number of rotatable bonds is 4. The molecule has 3 aromatic carbocycles. The Hall–Kier alpha value is -3.25. The maximum atomic E-state index is 13.4. The Morgan fingerprint density at radius 2 is 1.69 bits per heavy atom. The fourth-order valence-corrected chi connectivity index (χ4v) is 3.34. The average molecular weight is 451 g/mol. The van der Waals surface area contributed by atoms with Crippen molar-refractivity contribution in [3.05, 3.63) is 99.9 Å². The number of aliphatic imine (C=N–C) groups is 1. The van der Waals surface area contributed by atoms with E-state index in [0.717, 1.165) is 15.6 Å². The van der Waals surface area contributed by atoms with Crippen LogP contribution in [0.3, 0.4) is 0 Å². The number of hydrogen-bond donors (Lipinski definition) is 0. The van der Waals surface area contributed by atoms with Crippen LogP contribution in [0.15, 0.2) is 88.0 Å². The number of benzene rings is 3. The molecule has 6 heteroatoms. The Kier molecular flexibility index (Phi) is 5.27. The van der Waals surface area contributed by atoms with E-state index in [0.29, 0.717) is 17.3 Å². The van der Waals surface area contributed by atoms with Crippen molar-refractivity contribution in [3.63, 3.8) is 0 Å². The molecule has 0 saturated carbocycles. The van der Waals surface area contributed by atoms with Crippen LogP contribution >= 0.6 is 15.9 Å². The zero-order valence-corrected chi connectivity index (χ0v) is 17.1. The molecule has 4 nitrogen and oxygen atoms in total. The number of hydrogen-bond acceptors (Lipinski definition) is 3. The maximum Gasteiger partial charge on any atom is 0.282 e. The summed E-state index contributed by atoms with van der Waals surface area (Å²) >= 11 is 3.42. The summed E-state index contributed by atoms with van der Waals surface area (Å²) in [5.41, 5.74) is 2.34. The van der Waals surface area contributed by atoms with Gasteiger partial charge in [0.1, 0.15) is 23.1 Å². The largest absolute Gasteiger partial charge is 0.496 e. The smallest absolute Gasteiger partial charge is 0.282 e. The molecule has 1 heterocycles. The summed E-state index contributed by atoms with van der Waals surface area (Å²) in [4.78, 5) is 19.3. The summed E-state index contributed by atoms with van der Waals surface area (Å²) in [5, 5.41) is 0. The predicted octanol–water partition coefficient (Wildman–Crippen LogP) is 5.43. The lowest BCUT2D eigenvalue weighted by Gasteiger charge is -2.18. The molecule has 1 aliphatic rings. The molecule has 0 spiro atoms. The van der Waals surface area contributed by atoms with Crippen molar-refractivity contribution in [3.8, 4) is 5.75 Å². The summed E-state index contributed by atoms with van der Waals surface area (Å²) in [7, 11) is 1.58. The molecule has 0 bridgehead atoms. The van der Waals surface area contributed by atoms with Crippen molar-refractivity contribution in [2.24, 2.45) is 4.99 Å². The number of anilines is 1. The highest BCUT2D eigenvalue weighted by Crippen LogP contribution is 2.30. The van der Waals surface area contributed by atoms with Crippen LogP contribution in [0.5, 0.6) is 5.75 Å². The standard InChI is InChI=1S/C23H16BrFN2O2/c1-29-21-5-3-2-4-16(21)14-20-23(28)27(19-12-10-18(25)11-13-19)22(26-20)15-6-8-17(24)9-7-15/h2-14H,1H3/b20-14+. The fraction of sp³-hybridized carbons (Fsp3) is 0.0435. The predicted molar refractivity (Wildman–Crippen MR) is 116 cm³/mol. The highest BCUT2D eigenvalue weighted by Gasteiger charge is 2.32. The molecule has 3 aromatic rings. The summed E-state index contributed by atoms with van der Waals surface area (Å²) < 4.78 is 19.7. The quantitative estimate of drug-likeness (QED) is 0.497. The van der Waals surface area contributed by atoms with Gasteiger partial charge in [-0.25, -0.2) is 9.38 Å². The van der Waals surface area contributed by atoms with Gasteiger partial charge >= 0.3 is 0 Å². The molecule has 4 rings (SSSR count). The van der Waals surface area contributed by atoms with Crippen LogP contribution < -0.4 is 9.64 Å². The number of amides is 1. The first kappa shape index (κ1) is 19.1. The minimum absolute atomic E-state index is 0.275. The summed E-state index contributed by atoms with van der Waals surface area (Å²) in [6.07, 6.45) is 1.70. The Bertz CT molecular complexity index is 1120. The van der Waals surface area contributed by atoms with Gasteiger partial charge in [-0.15, -0.1) is 0 Å². The van der Waals surface area contributed by atoms with Gasteiger partial charge in [-0.2, -0.15) is 0 Å². The highest BCUT2D eigenvalue weighted by molar-refractivity contribution is 9.10. The first-order valence-electron chi connectivity index (χ1n) is 8.86. The summed E-state index contributed by atoms with van der Waals surface area (Å²) in [5.74, 6) is 0.469. The van der Waals surface area contributed by atoms with E-state index >= 15 is 0 Å². The molecular formula is C23H16BrFN2O2. The van der Waals surface area contributed by atoms with Crippen molar-refractivity contribution in [1.29, 1.82) is 0 Å². The van der Waals surface area contributed by atoms with Gasteiger partial charge in [-0.05, 0) is 48.5 Å². The normalized spacial score (nSPS) is 15.0. The van der Waals surface area contributed by atoms with Gasteiger partial charge in [-0.3, -0.25) is 9.69 Å². The molecule has 1 amide bonds. The minimum atomic E-state index is -0.368. The van der Waals surface area contributed by atoms with E-state index in [1.807, 2.05) is 48.5 Å². The average Bonchev–Trinajstić information content (AvgIpc) is 3.06. The molecule has 29 heavy (non-hydrogen) atoms. The molecule has 0 aromatic heterocycles. The number of para-hydroxylation sites is 1. The van der Waals surface area contributed by atoms with Crippen molar-refractivity contribution < 1.29 is 13.9 Å². The lowest BCUT2D eigenvalue weighted by Crippen LogP contribution is -2.32. The molecule has 0 N–H and O–H groups in total. The second kappa shape index (κ2) is 8.01. The zero-order chi connectivity index (χ0) is 20.4. The van der Waals surface area contributed by atoms with Crippen molar-refractivity contribution in [2.45, 2.75) is 0 Å². The SMILES string of the molecule is COc1ccccc1/C=C1/N=C(c2ccc(Br)cc2)N(c2ccc(F)cc2)C1=O.